The number of carbonyl (C=O) groups is 2. The fraction of sp³-hybridized carbons (Fsp3) is 0.286. The van der Waals surface area contributed by atoms with Gasteiger partial charge in [-0.3, -0.25) is 4.79 Å². The zero-order valence-corrected chi connectivity index (χ0v) is 15.6. The van der Waals surface area contributed by atoms with Crippen LogP contribution in [0.2, 0.25) is 0 Å². The molecule has 2 N–H and O–H groups in total. The van der Waals surface area contributed by atoms with Crippen molar-refractivity contribution in [3.8, 4) is 6.19 Å². The van der Waals surface area contributed by atoms with Crippen molar-refractivity contribution in [2.24, 2.45) is 0 Å². The van der Waals surface area contributed by atoms with Gasteiger partial charge in [0.1, 0.15) is 6.04 Å². The van der Waals surface area contributed by atoms with Gasteiger partial charge in [-0.15, -0.1) is 0 Å². The fourth-order valence-electron chi connectivity index (χ4n) is 2.61. The SMILES string of the molecule is CCN(C#N)C(=O)C(Cc1ccccc1)NC(=O)NCc1ccc(C)cc1. The second-order valence-electron chi connectivity index (χ2n) is 6.24. The van der Waals surface area contributed by atoms with Crippen LogP contribution in [0.5, 0.6) is 0 Å². The van der Waals surface area contributed by atoms with E-state index in [1.165, 1.54) is 0 Å². The number of rotatable bonds is 7. The summed E-state index contributed by atoms with van der Waals surface area (Å²) in [6.45, 7) is 4.33. The van der Waals surface area contributed by atoms with Crippen LogP contribution in [0.25, 0.3) is 0 Å². The molecule has 140 valence electrons. The molecule has 0 bridgehead atoms. The normalized spacial score (nSPS) is 11.1. The quantitative estimate of drug-likeness (QED) is 0.585. The van der Waals surface area contributed by atoms with E-state index in [0.29, 0.717) is 13.0 Å². The Morgan fingerprint density at radius 1 is 1.07 bits per heavy atom. The summed E-state index contributed by atoms with van der Waals surface area (Å²) < 4.78 is 0. The molecule has 2 rings (SSSR count). The van der Waals surface area contributed by atoms with E-state index < -0.39 is 18.0 Å². The van der Waals surface area contributed by atoms with Crippen molar-refractivity contribution in [2.45, 2.75) is 32.9 Å². The van der Waals surface area contributed by atoms with Crippen LogP contribution in [0.3, 0.4) is 0 Å². The Morgan fingerprint density at radius 3 is 2.33 bits per heavy atom. The Bertz CT molecular complexity index is 797. The van der Waals surface area contributed by atoms with Crippen LogP contribution in [0.4, 0.5) is 4.79 Å². The molecule has 0 saturated carbocycles. The maximum Gasteiger partial charge on any atom is 0.315 e. The van der Waals surface area contributed by atoms with Gasteiger partial charge in [0.25, 0.3) is 5.91 Å². The van der Waals surface area contributed by atoms with Gasteiger partial charge >= 0.3 is 6.03 Å². The van der Waals surface area contributed by atoms with E-state index in [1.807, 2.05) is 67.7 Å². The first kappa shape index (κ1) is 20.0. The van der Waals surface area contributed by atoms with Crippen LogP contribution in [0.1, 0.15) is 23.6 Å². The van der Waals surface area contributed by atoms with Crippen molar-refractivity contribution >= 4 is 11.9 Å². The Balaban J connectivity index is 2.03. The summed E-state index contributed by atoms with van der Waals surface area (Å²) in [5.41, 5.74) is 3.02. The number of nitrogens with zero attached hydrogens (tertiary/aromatic N) is 2. The lowest BCUT2D eigenvalue weighted by molar-refractivity contribution is -0.129. The summed E-state index contributed by atoms with van der Waals surface area (Å²) in [5, 5.41) is 14.6. The highest BCUT2D eigenvalue weighted by molar-refractivity contribution is 5.88. The van der Waals surface area contributed by atoms with Crippen LogP contribution in [-0.4, -0.2) is 29.4 Å². The molecule has 1 atom stereocenters. The average molecular weight is 364 g/mol. The van der Waals surface area contributed by atoms with Gasteiger partial charge in [-0.05, 0) is 25.0 Å². The number of aryl methyl sites for hydroxylation is 1. The van der Waals surface area contributed by atoms with E-state index in [-0.39, 0.29) is 6.54 Å². The van der Waals surface area contributed by atoms with Gasteiger partial charge in [0.2, 0.25) is 0 Å². The monoisotopic (exact) mass is 364 g/mol. The molecule has 6 nitrogen and oxygen atoms in total. The molecule has 2 aromatic carbocycles. The van der Waals surface area contributed by atoms with Crippen molar-refractivity contribution in [3.05, 3.63) is 71.3 Å². The topological polar surface area (TPSA) is 85.2 Å². The average Bonchev–Trinajstić information content (AvgIpc) is 2.68. The third kappa shape index (κ3) is 6.15. The summed E-state index contributed by atoms with van der Waals surface area (Å²) in [5.74, 6) is -0.422. The number of nitrogens with one attached hydrogen (secondary N) is 2. The third-order valence-electron chi connectivity index (χ3n) is 4.16. The van der Waals surface area contributed by atoms with Crippen LogP contribution in [0.15, 0.2) is 54.6 Å². The van der Waals surface area contributed by atoms with E-state index in [9.17, 15) is 9.59 Å². The predicted molar refractivity (Wildman–Crippen MR) is 103 cm³/mol. The van der Waals surface area contributed by atoms with E-state index in [0.717, 1.165) is 21.6 Å². The van der Waals surface area contributed by atoms with Gasteiger partial charge in [0.15, 0.2) is 6.19 Å². The predicted octanol–water partition coefficient (Wildman–Crippen LogP) is 2.74. The lowest BCUT2D eigenvalue weighted by atomic mass is 10.0. The number of carbonyl (C=O) groups excluding carboxylic acids is 2. The molecular weight excluding hydrogens is 340 g/mol. The molecule has 2 aromatic rings. The minimum atomic E-state index is -0.815. The molecule has 0 radical (unpaired) electrons. The molecule has 6 heteroatoms. The highest BCUT2D eigenvalue weighted by Gasteiger charge is 2.25. The Labute approximate surface area is 159 Å². The second-order valence-corrected chi connectivity index (χ2v) is 6.24. The number of urea groups is 1. The van der Waals surface area contributed by atoms with Crippen molar-refractivity contribution in [2.75, 3.05) is 6.54 Å². The summed E-state index contributed by atoms with van der Waals surface area (Å²) in [6, 6.07) is 16.0. The third-order valence-corrected chi connectivity index (χ3v) is 4.16. The molecule has 1 unspecified atom stereocenters. The molecule has 0 aromatic heterocycles. The Morgan fingerprint density at radius 2 is 1.74 bits per heavy atom. The van der Waals surface area contributed by atoms with Crippen LogP contribution >= 0.6 is 0 Å². The zero-order chi connectivity index (χ0) is 19.6. The number of hydrogen-bond acceptors (Lipinski definition) is 3. The second kappa shape index (κ2) is 9.97. The highest BCUT2D eigenvalue weighted by atomic mass is 16.2. The van der Waals surface area contributed by atoms with E-state index in [2.05, 4.69) is 10.6 Å². The summed E-state index contributed by atoms with van der Waals surface area (Å²) in [4.78, 5) is 26.0. The molecule has 0 heterocycles. The molecular formula is C21H24N4O2. The molecule has 0 spiro atoms. The molecule has 0 aliphatic rings. The Hall–Kier alpha value is -3.33. The highest BCUT2D eigenvalue weighted by Crippen LogP contribution is 2.07. The number of benzene rings is 2. The lowest BCUT2D eigenvalue weighted by Crippen LogP contribution is -2.51. The molecule has 0 aliphatic heterocycles. The van der Waals surface area contributed by atoms with Crippen LogP contribution in [-0.2, 0) is 17.8 Å². The smallest absolute Gasteiger partial charge is 0.315 e. The van der Waals surface area contributed by atoms with Crippen molar-refractivity contribution in [3.63, 3.8) is 0 Å². The first-order valence-corrected chi connectivity index (χ1v) is 8.88. The van der Waals surface area contributed by atoms with Gasteiger partial charge < -0.3 is 10.6 Å². The maximum absolute atomic E-state index is 12.6. The number of amides is 3. The number of nitriles is 1. The van der Waals surface area contributed by atoms with Gasteiger partial charge in [-0.25, -0.2) is 9.69 Å². The lowest BCUT2D eigenvalue weighted by Gasteiger charge is -2.22. The maximum atomic E-state index is 12.6. The van der Waals surface area contributed by atoms with Crippen LogP contribution in [0, 0.1) is 18.4 Å². The first-order valence-electron chi connectivity index (χ1n) is 8.88. The van der Waals surface area contributed by atoms with Gasteiger partial charge in [-0.1, -0.05) is 60.2 Å². The van der Waals surface area contributed by atoms with Gasteiger partial charge in [0, 0.05) is 19.5 Å². The van der Waals surface area contributed by atoms with E-state index in [4.69, 9.17) is 5.26 Å². The van der Waals surface area contributed by atoms with Crippen molar-refractivity contribution < 1.29 is 9.59 Å². The van der Waals surface area contributed by atoms with Crippen molar-refractivity contribution in [1.82, 2.24) is 15.5 Å². The van der Waals surface area contributed by atoms with E-state index >= 15 is 0 Å². The Kier molecular flexibility index (Phi) is 7.38. The van der Waals surface area contributed by atoms with E-state index in [1.54, 1.807) is 6.92 Å². The van der Waals surface area contributed by atoms with Crippen molar-refractivity contribution in [1.29, 1.82) is 5.26 Å². The first-order chi connectivity index (χ1) is 13.0. The zero-order valence-electron chi connectivity index (χ0n) is 15.6. The summed E-state index contributed by atoms with van der Waals surface area (Å²) >= 11 is 0. The minimum absolute atomic E-state index is 0.257. The number of likely N-dealkylation sites (N-methyl/N-ethyl adjacent to an activating group) is 1. The van der Waals surface area contributed by atoms with Crippen LogP contribution < -0.4 is 10.6 Å². The van der Waals surface area contributed by atoms with Gasteiger partial charge in [-0.2, -0.15) is 5.26 Å². The minimum Gasteiger partial charge on any atom is -0.334 e. The largest absolute Gasteiger partial charge is 0.334 e. The summed E-state index contributed by atoms with van der Waals surface area (Å²) in [6.07, 6.45) is 2.18. The molecule has 0 aliphatic carbocycles. The fourth-order valence-corrected chi connectivity index (χ4v) is 2.61. The molecule has 27 heavy (non-hydrogen) atoms. The molecule has 0 saturated heterocycles. The molecule has 3 amide bonds. The van der Waals surface area contributed by atoms with Gasteiger partial charge in [0.05, 0.1) is 0 Å². The molecule has 0 fully saturated rings. The summed E-state index contributed by atoms with van der Waals surface area (Å²) in [7, 11) is 0. The standard InChI is InChI=1S/C21H24N4O2/c1-3-25(15-22)20(26)19(13-17-7-5-4-6-8-17)24-21(27)23-14-18-11-9-16(2)10-12-18/h4-12,19H,3,13-14H2,1-2H3,(H2,23,24,27). The number of hydrogen-bond donors (Lipinski definition) is 2.